The van der Waals surface area contributed by atoms with Crippen LogP contribution in [0, 0.1) is 10.7 Å². The number of anilines is 1. The molecule has 0 atom stereocenters. The van der Waals surface area contributed by atoms with Crippen molar-refractivity contribution in [2.45, 2.75) is 26.2 Å². The van der Waals surface area contributed by atoms with Crippen LogP contribution in [0.2, 0.25) is 0 Å². The fourth-order valence-electron chi connectivity index (χ4n) is 1.76. The van der Waals surface area contributed by atoms with Crippen molar-refractivity contribution in [3.8, 4) is 0 Å². The number of carbonyl (C=O) groups is 2. The number of primary amides is 1. The average Bonchev–Trinajstić information content (AvgIpc) is 2.41. The number of unbranched alkanes of at least 4 members (excludes halogenated alkanes) is 2. The second kappa shape index (κ2) is 8.70. The Kier molecular flexibility index (Phi) is 7.95. The first-order valence-electron chi connectivity index (χ1n) is 6.36. The highest BCUT2D eigenvalue weighted by atomic mass is 127. The Morgan fingerprint density at radius 1 is 1.05 bits per heavy atom. The Morgan fingerprint density at radius 3 is 2.14 bits per heavy atom. The number of hydrogen-bond acceptors (Lipinski definition) is 3. The predicted octanol–water partition coefficient (Wildman–Crippen LogP) is 3.10. The van der Waals surface area contributed by atoms with Crippen molar-refractivity contribution in [2.24, 2.45) is 5.73 Å². The summed E-state index contributed by atoms with van der Waals surface area (Å²) < 4.78 is 1.80. The van der Waals surface area contributed by atoms with Gasteiger partial charge in [-0.3, -0.25) is 9.59 Å². The largest absolute Gasteiger partial charge is 0.397 e. The predicted molar refractivity (Wildman–Crippen MR) is 109 cm³/mol. The maximum absolute atomic E-state index is 12.4. The zero-order valence-electron chi connectivity index (χ0n) is 11.4. The van der Waals surface area contributed by atoms with Crippen LogP contribution in [-0.2, 0) is 0 Å². The van der Waals surface area contributed by atoms with Gasteiger partial charge in [0.15, 0.2) is 0 Å². The van der Waals surface area contributed by atoms with Gasteiger partial charge in [-0.2, -0.15) is 0 Å². The van der Waals surface area contributed by atoms with Crippen molar-refractivity contribution in [1.82, 2.24) is 5.32 Å². The molecular formula is C13H16I3N3O2. The van der Waals surface area contributed by atoms with Crippen LogP contribution >= 0.6 is 67.8 Å². The summed E-state index contributed by atoms with van der Waals surface area (Å²) in [6.45, 7) is 2.71. The third-order valence-corrected chi connectivity index (χ3v) is 6.21. The van der Waals surface area contributed by atoms with E-state index in [-0.39, 0.29) is 5.91 Å². The molecule has 116 valence electrons. The van der Waals surface area contributed by atoms with E-state index >= 15 is 0 Å². The number of amides is 2. The Balaban J connectivity index is 3.18. The van der Waals surface area contributed by atoms with Crippen LogP contribution in [-0.4, -0.2) is 18.4 Å². The summed E-state index contributed by atoms with van der Waals surface area (Å²) in [7, 11) is 0. The van der Waals surface area contributed by atoms with Crippen molar-refractivity contribution in [3.05, 3.63) is 21.8 Å². The molecule has 5 N–H and O–H groups in total. The first-order chi connectivity index (χ1) is 9.82. The minimum atomic E-state index is -0.577. The normalized spacial score (nSPS) is 10.5. The third kappa shape index (κ3) is 4.56. The number of halogens is 3. The topological polar surface area (TPSA) is 98.2 Å². The van der Waals surface area contributed by atoms with Gasteiger partial charge < -0.3 is 16.8 Å². The van der Waals surface area contributed by atoms with Crippen molar-refractivity contribution >= 4 is 85.3 Å². The first-order valence-corrected chi connectivity index (χ1v) is 9.60. The van der Waals surface area contributed by atoms with Gasteiger partial charge in [0.25, 0.3) is 11.8 Å². The summed E-state index contributed by atoms with van der Waals surface area (Å²) >= 11 is 6.00. The number of nitrogens with one attached hydrogen (secondary N) is 1. The van der Waals surface area contributed by atoms with E-state index in [1.807, 2.05) is 67.8 Å². The van der Waals surface area contributed by atoms with Crippen LogP contribution in [0.5, 0.6) is 0 Å². The standard InChI is InChI=1S/C13H16I3N3O2/c1-2-3-4-5-19-13(21)7-8(14)6(12(18)20)9(15)11(17)10(7)16/h2-5,17H2,1H3,(H2,18,20)(H,19,21). The molecule has 2 amide bonds. The second-order valence-corrected chi connectivity index (χ2v) is 7.67. The molecule has 0 aliphatic carbocycles. The maximum atomic E-state index is 12.4. The molecule has 0 radical (unpaired) electrons. The quantitative estimate of drug-likeness (QED) is 0.257. The third-order valence-electron chi connectivity index (χ3n) is 2.89. The van der Waals surface area contributed by atoms with Crippen LogP contribution in [0.4, 0.5) is 5.69 Å². The Morgan fingerprint density at radius 2 is 1.62 bits per heavy atom. The van der Waals surface area contributed by atoms with E-state index in [9.17, 15) is 9.59 Å². The number of hydrogen-bond donors (Lipinski definition) is 3. The van der Waals surface area contributed by atoms with Crippen molar-refractivity contribution in [2.75, 3.05) is 12.3 Å². The molecular weight excluding hydrogens is 611 g/mol. The zero-order chi connectivity index (χ0) is 16.2. The molecule has 0 aromatic heterocycles. The highest BCUT2D eigenvalue weighted by molar-refractivity contribution is 14.1. The van der Waals surface area contributed by atoms with E-state index in [4.69, 9.17) is 11.5 Å². The molecule has 0 bridgehead atoms. The monoisotopic (exact) mass is 627 g/mol. The molecule has 0 spiro atoms. The molecule has 1 aromatic rings. The van der Waals surface area contributed by atoms with E-state index in [1.165, 1.54) is 0 Å². The SMILES string of the molecule is CCCCCNC(=O)c1c(I)c(N)c(I)c(C(N)=O)c1I. The molecule has 0 fully saturated rings. The van der Waals surface area contributed by atoms with E-state index in [1.54, 1.807) is 0 Å². The van der Waals surface area contributed by atoms with Gasteiger partial charge in [-0.05, 0) is 74.2 Å². The summed E-state index contributed by atoms with van der Waals surface area (Å²) in [5.41, 5.74) is 12.6. The second-order valence-electron chi connectivity index (χ2n) is 4.43. The highest BCUT2D eigenvalue weighted by Crippen LogP contribution is 2.33. The summed E-state index contributed by atoms with van der Waals surface area (Å²) in [5, 5.41) is 2.87. The Bertz CT molecular complexity index is 577. The lowest BCUT2D eigenvalue weighted by atomic mass is 10.1. The molecule has 5 nitrogen and oxygen atoms in total. The van der Waals surface area contributed by atoms with Crippen LogP contribution in [0.3, 0.4) is 0 Å². The lowest BCUT2D eigenvalue weighted by Crippen LogP contribution is -2.28. The number of nitrogen functional groups attached to an aromatic ring is 1. The molecule has 1 rings (SSSR count). The van der Waals surface area contributed by atoms with E-state index < -0.39 is 5.91 Å². The van der Waals surface area contributed by atoms with E-state index in [0.29, 0.717) is 34.1 Å². The Labute approximate surface area is 164 Å². The zero-order valence-corrected chi connectivity index (χ0v) is 17.9. The summed E-state index contributed by atoms with van der Waals surface area (Å²) in [6.07, 6.45) is 3.08. The average molecular weight is 627 g/mol. The van der Waals surface area contributed by atoms with Crippen molar-refractivity contribution in [3.63, 3.8) is 0 Å². The number of benzene rings is 1. The van der Waals surface area contributed by atoms with Gasteiger partial charge in [-0.25, -0.2) is 0 Å². The van der Waals surface area contributed by atoms with Crippen LogP contribution in [0.25, 0.3) is 0 Å². The van der Waals surface area contributed by atoms with E-state index in [0.717, 1.165) is 19.3 Å². The van der Waals surface area contributed by atoms with Gasteiger partial charge in [-0.15, -0.1) is 0 Å². The van der Waals surface area contributed by atoms with Gasteiger partial charge in [0.05, 0.1) is 24.0 Å². The van der Waals surface area contributed by atoms with Gasteiger partial charge in [0.1, 0.15) is 0 Å². The fraction of sp³-hybridized carbons (Fsp3) is 0.385. The minimum absolute atomic E-state index is 0.217. The van der Waals surface area contributed by atoms with Crippen LogP contribution in [0.1, 0.15) is 46.9 Å². The van der Waals surface area contributed by atoms with Gasteiger partial charge in [-0.1, -0.05) is 19.8 Å². The molecule has 1 aromatic carbocycles. The molecule has 0 aliphatic heterocycles. The minimum Gasteiger partial charge on any atom is -0.397 e. The summed E-state index contributed by atoms with van der Waals surface area (Å²) in [5.74, 6) is -0.794. The molecule has 0 saturated carbocycles. The highest BCUT2D eigenvalue weighted by Gasteiger charge is 2.25. The van der Waals surface area contributed by atoms with Crippen molar-refractivity contribution in [1.29, 1.82) is 0 Å². The van der Waals surface area contributed by atoms with Gasteiger partial charge >= 0.3 is 0 Å². The van der Waals surface area contributed by atoms with Gasteiger partial charge in [0, 0.05) is 10.1 Å². The summed E-state index contributed by atoms with van der Waals surface area (Å²) in [6, 6.07) is 0. The fourth-order valence-corrected chi connectivity index (χ4v) is 5.95. The molecule has 0 saturated heterocycles. The van der Waals surface area contributed by atoms with Crippen LogP contribution in [0.15, 0.2) is 0 Å². The lowest BCUT2D eigenvalue weighted by Gasteiger charge is -2.15. The molecule has 0 aliphatic rings. The molecule has 0 heterocycles. The number of carbonyl (C=O) groups excluding carboxylic acids is 2. The summed E-state index contributed by atoms with van der Waals surface area (Å²) in [4.78, 5) is 24.0. The smallest absolute Gasteiger partial charge is 0.253 e. The van der Waals surface area contributed by atoms with Crippen molar-refractivity contribution < 1.29 is 9.59 Å². The molecule has 21 heavy (non-hydrogen) atoms. The number of rotatable bonds is 6. The maximum Gasteiger partial charge on any atom is 0.253 e. The van der Waals surface area contributed by atoms with Crippen LogP contribution < -0.4 is 16.8 Å². The first kappa shape index (κ1) is 19.2. The number of nitrogens with two attached hydrogens (primary N) is 2. The lowest BCUT2D eigenvalue weighted by molar-refractivity contribution is 0.0951. The Hall–Kier alpha value is 0.150. The van der Waals surface area contributed by atoms with E-state index in [2.05, 4.69) is 12.2 Å². The molecule has 0 unspecified atom stereocenters. The van der Waals surface area contributed by atoms with Gasteiger partial charge in [0.2, 0.25) is 0 Å². The molecule has 8 heteroatoms.